The summed E-state index contributed by atoms with van der Waals surface area (Å²) < 4.78 is 0. The predicted octanol–water partition coefficient (Wildman–Crippen LogP) is 4.91. The fourth-order valence-corrected chi connectivity index (χ4v) is 3.65. The average Bonchev–Trinajstić information content (AvgIpc) is 2.83. The van der Waals surface area contributed by atoms with Crippen molar-refractivity contribution in [1.29, 1.82) is 0 Å². The van der Waals surface area contributed by atoms with E-state index in [0.717, 1.165) is 44.2 Å². The molecule has 0 unspecified atom stereocenters. The van der Waals surface area contributed by atoms with Gasteiger partial charge in [0.1, 0.15) is 5.82 Å². The van der Waals surface area contributed by atoms with Gasteiger partial charge in [0.25, 0.3) is 0 Å². The standard InChI is InChI=1S/C25H21N5O/c31-30-15-7-10-19(17-30)24-28-22-13-6-12-21(18-8-2-1-3-9-18)23(22)25(29-24)27-16-20-11-4-5-14-26-20/h1-14,17,31H,15-16H2,(H,27,28,29). The first-order valence-corrected chi connectivity index (χ1v) is 10.1. The average molecular weight is 407 g/mol. The first-order chi connectivity index (χ1) is 15.3. The van der Waals surface area contributed by atoms with Crippen molar-refractivity contribution in [3.63, 3.8) is 0 Å². The van der Waals surface area contributed by atoms with Crippen LogP contribution in [0.15, 0.2) is 91.3 Å². The molecule has 0 atom stereocenters. The number of nitrogens with one attached hydrogen (secondary N) is 1. The molecule has 6 heteroatoms. The summed E-state index contributed by atoms with van der Waals surface area (Å²) in [5, 5.41) is 15.4. The maximum Gasteiger partial charge on any atom is 0.163 e. The monoisotopic (exact) mass is 407 g/mol. The molecule has 152 valence electrons. The molecule has 0 spiro atoms. The number of hydrogen-bond donors (Lipinski definition) is 2. The van der Waals surface area contributed by atoms with Gasteiger partial charge in [0.05, 0.1) is 29.7 Å². The highest BCUT2D eigenvalue weighted by molar-refractivity contribution is 6.02. The molecular formula is C25H21N5O. The lowest BCUT2D eigenvalue weighted by Crippen LogP contribution is -2.15. The number of hydrogen-bond acceptors (Lipinski definition) is 6. The Labute approximate surface area is 180 Å². The van der Waals surface area contributed by atoms with Crippen LogP contribution in [-0.2, 0) is 6.54 Å². The second kappa shape index (κ2) is 8.38. The molecule has 0 fully saturated rings. The number of fused-ring (bicyclic) bond motifs is 1. The van der Waals surface area contributed by atoms with E-state index in [9.17, 15) is 5.21 Å². The highest BCUT2D eigenvalue weighted by Gasteiger charge is 2.16. The topological polar surface area (TPSA) is 74.2 Å². The van der Waals surface area contributed by atoms with Gasteiger partial charge in [-0.25, -0.2) is 9.97 Å². The Hall–Kier alpha value is -4.03. The smallest absolute Gasteiger partial charge is 0.163 e. The third-order valence-electron chi connectivity index (χ3n) is 5.11. The van der Waals surface area contributed by atoms with E-state index in [0.29, 0.717) is 18.9 Å². The fraction of sp³-hybridized carbons (Fsp3) is 0.0800. The van der Waals surface area contributed by atoms with E-state index in [1.54, 1.807) is 12.4 Å². The molecule has 0 saturated heterocycles. The van der Waals surface area contributed by atoms with Gasteiger partial charge in [-0.3, -0.25) is 15.3 Å². The van der Waals surface area contributed by atoms with Crippen LogP contribution in [0.3, 0.4) is 0 Å². The van der Waals surface area contributed by atoms with Crippen LogP contribution in [0.4, 0.5) is 5.82 Å². The van der Waals surface area contributed by atoms with E-state index in [1.165, 1.54) is 0 Å². The minimum atomic E-state index is 0.444. The number of allylic oxidation sites excluding steroid dienone is 2. The van der Waals surface area contributed by atoms with Crippen LogP contribution in [-0.4, -0.2) is 31.8 Å². The zero-order chi connectivity index (χ0) is 21.0. The highest BCUT2D eigenvalue weighted by Crippen LogP contribution is 2.33. The zero-order valence-corrected chi connectivity index (χ0v) is 16.8. The number of nitrogens with zero attached hydrogens (tertiary/aromatic N) is 4. The molecule has 1 aliphatic rings. The quantitative estimate of drug-likeness (QED) is 0.490. The molecule has 31 heavy (non-hydrogen) atoms. The number of anilines is 1. The molecule has 0 bridgehead atoms. The van der Waals surface area contributed by atoms with Gasteiger partial charge in [-0.05, 0) is 29.3 Å². The lowest BCUT2D eigenvalue weighted by Gasteiger charge is -2.17. The summed E-state index contributed by atoms with van der Waals surface area (Å²) in [7, 11) is 0. The largest absolute Gasteiger partial charge is 0.364 e. The number of aromatic nitrogens is 3. The summed E-state index contributed by atoms with van der Waals surface area (Å²) in [4.78, 5) is 14.1. The summed E-state index contributed by atoms with van der Waals surface area (Å²) >= 11 is 0. The van der Waals surface area contributed by atoms with Crippen molar-refractivity contribution >= 4 is 22.3 Å². The number of pyridine rings is 1. The van der Waals surface area contributed by atoms with Crippen LogP contribution in [0.2, 0.25) is 0 Å². The van der Waals surface area contributed by atoms with Crippen LogP contribution in [0.25, 0.3) is 27.6 Å². The molecule has 3 heterocycles. The molecule has 1 aliphatic heterocycles. The molecule has 4 aromatic rings. The molecule has 0 aliphatic carbocycles. The van der Waals surface area contributed by atoms with Gasteiger partial charge >= 0.3 is 0 Å². The first kappa shape index (κ1) is 19.0. The minimum Gasteiger partial charge on any atom is -0.364 e. The van der Waals surface area contributed by atoms with Crippen LogP contribution < -0.4 is 5.32 Å². The third-order valence-corrected chi connectivity index (χ3v) is 5.11. The van der Waals surface area contributed by atoms with E-state index < -0.39 is 0 Å². The molecule has 6 nitrogen and oxygen atoms in total. The molecule has 2 N–H and O–H groups in total. The van der Waals surface area contributed by atoms with Gasteiger partial charge in [-0.15, -0.1) is 0 Å². The molecule has 2 aromatic heterocycles. The normalized spacial score (nSPS) is 13.3. The Bertz CT molecular complexity index is 1270. The summed E-state index contributed by atoms with van der Waals surface area (Å²) in [6, 6.07) is 22.2. The van der Waals surface area contributed by atoms with Crippen LogP contribution >= 0.6 is 0 Å². The van der Waals surface area contributed by atoms with Gasteiger partial charge in [-0.1, -0.05) is 60.7 Å². The SMILES string of the molecule is ON1C=C(c2nc(NCc3ccccn3)c3c(-c4ccccc4)cccc3n2)C=CC1. The van der Waals surface area contributed by atoms with Gasteiger partial charge in [0, 0.05) is 18.0 Å². The minimum absolute atomic E-state index is 0.444. The van der Waals surface area contributed by atoms with Gasteiger partial charge in [0.2, 0.25) is 0 Å². The lowest BCUT2D eigenvalue weighted by molar-refractivity contribution is -0.0294. The van der Waals surface area contributed by atoms with E-state index in [2.05, 4.69) is 28.5 Å². The fourth-order valence-electron chi connectivity index (χ4n) is 3.65. The van der Waals surface area contributed by atoms with Crippen molar-refractivity contribution in [2.24, 2.45) is 0 Å². The van der Waals surface area contributed by atoms with E-state index in [1.807, 2.05) is 60.7 Å². The van der Waals surface area contributed by atoms with Crippen LogP contribution in [0.1, 0.15) is 11.5 Å². The summed E-state index contributed by atoms with van der Waals surface area (Å²) in [5.74, 6) is 1.28. The van der Waals surface area contributed by atoms with Crippen molar-refractivity contribution in [3.8, 4) is 11.1 Å². The predicted molar refractivity (Wildman–Crippen MR) is 122 cm³/mol. The van der Waals surface area contributed by atoms with Crippen molar-refractivity contribution in [2.75, 3.05) is 11.9 Å². The number of hydroxylamine groups is 2. The Balaban J connectivity index is 1.66. The summed E-state index contributed by atoms with van der Waals surface area (Å²) in [6.07, 6.45) is 7.23. The highest BCUT2D eigenvalue weighted by atomic mass is 16.5. The van der Waals surface area contributed by atoms with Crippen molar-refractivity contribution in [2.45, 2.75) is 6.54 Å². The summed E-state index contributed by atoms with van der Waals surface area (Å²) in [6.45, 7) is 0.983. The van der Waals surface area contributed by atoms with E-state index >= 15 is 0 Å². The Morgan fingerprint density at radius 3 is 2.61 bits per heavy atom. The van der Waals surface area contributed by atoms with Crippen molar-refractivity contribution in [1.82, 2.24) is 20.0 Å². The summed E-state index contributed by atoms with van der Waals surface area (Å²) in [5.41, 5.74) is 4.67. The Kier molecular flexibility index (Phi) is 5.12. The lowest BCUT2D eigenvalue weighted by atomic mass is 10.0. The second-order valence-corrected chi connectivity index (χ2v) is 7.25. The van der Waals surface area contributed by atoms with Crippen LogP contribution in [0.5, 0.6) is 0 Å². The Morgan fingerprint density at radius 2 is 1.81 bits per heavy atom. The van der Waals surface area contributed by atoms with Crippen molar-refractivity contribution < 1.29 is 5.21 Å². The molecule has 0 amide bonds. The molecule has 5 rings (SSSR count). The second-order valence-electron chi connectivity index (χ2n) is 7.25. The van der Waals surface area contributed by atoms with E-state index in [-0.39, 0.29) is 0 Å². The Morgan fingerprint density at radius 1 is 0.935 bits per heavy atom. The van der Waals surface area contributed by atoms with E-state index in [4.69, 9.17) is 9.97 Å². The van der Waals surface area contributed by atoms with Gasteiger partial charge in [-0.2, -0.15) is 0 Å². The molecule has 0 saturated carbocycles. The zero-order valence-electron chi connectivity index (χ0n) is 16.8. The van der Waals surface area contributed by atoms with Crippen molar-refractivity contribution in [3.05, 3.63) is 103 Å². The molecule has 2 aromatic carbocycles. The number of benzene rings is 2. The third kappa shape index (κ3) is 4.01. The first-order valence-electron chi connectivity index (χ1n) is 10.1. The number of rotatable bonds is 5. The van der Waals surface area contributed by atoms with Gasteiger partial charge in [0.15, 0.2) is 5.82 Å². The molecular weight excluding hydrogens is 386 g/mol. The maximum atomic E-state index is 9.89. The van der Waals surface area contributed by atoms with Gasteiger partial charge < -0.3 is 5.32 Å². The maximum absolute atomic E-state index is 9.89. The molecule has 0 radical (unpaired) electrons. The van der Waals surface area contributed by atoms with Crippen LogP contribution in [0, 0.1) is 0 Å².